The predicted octanol–water partition coefficient (Wildman–Crippen LogP) is -5.06. The first-order chi connectivity index (χ1) is 16.0. The maximum atomic E-state index is 12.1. The smallest absolute Gasteiger partial charge is 0.316 e. The van der Waals surface area contributed by atoms with E-state index in [1.165, 1.54) is 0 Å². The van der Waals surface area contributed by atoms with Crippen molar-refractivity contribution in [2.24, 2.45) is 5.73 Å². The van der Waals surface area contributed by atoms with Crippen LogP contribution in [0.15, 0.2) is 0 Å². The van der Waals surface area contributed by atoms with E-state index in [1.54, 1.807) is 0 Å². The number of carboxylic acids is 1. The molecule has 16 nitrogen and oxygen atoms in total. The van der Waals surface area contributed by atoms with Gasteiger partial charge in [0.2, 0.25) is 17.7 Å². The zero-order chi connectivity index (χ0) is 25.7. The molecule has 5 amide bonds. The molecule has 1 rings (SSSR count). The van der Waals surface area contributed by atoms with Crippen molar-refractivity contribution in [3.63, 3.8) is 0 Å². The van der Waals surface area contributed by atoms with E-state index in [4.69, 9.17) is 25.4 Å². The summed E-state index contributed by atoms with van der Waals surface area (Å²) in [5.41, 5.74) is 3.47. The Bertz CT molecular complexity index is 777. The lowest BCUT2D eigenvalue weighted by atomic mass is 10.2. The molecule has 0 saturated heterocycles. The fraction of sp³-hybridized carbons (Fsp3) is 0.667. The van der Waals surface area contributed by atoms with Gasteiger partial charge in [0.15, 0.2) is 5.78 Å². The SMILES string of the molecule is NC(=O)[C@H](CO)NC(=O)COCCOCCNC(=O)[C@@H](CO)NC(=O)NC1(CC(=O)O)CC1=O. The molecule has 1 fully saturated rings. The summed E-state index contributed by atoms with van der Waals surface area (Å²) >= 11 is 0. The number of carbonyl (C=O) groups excluding carboxylic acids is 5. The van der Waals surface area contributed by atoms with Crippen LogP contribution in [0.2, 0.25) is 0 Å². The molecule has 9 N–H and O–H groups in total. The molecule has 0 aliphatic heterocycles. The van der Waals surface area contributed by atoms with Gasteiger partial charge in [0.1, 0.15) is 24.2 Å². The number of primary amides is 1. The average Bonchev–Trinajstić information content (AvgIpc) is 3.37. The van der Waals surface area contributed by atoms with Gasteiger partial charge in [-0.15, -0.1) is 0 Å². The summed E-state index contributed by atoms with van der Waals surface area (Å²) in [6, 6.07) is -3.53. The number of hydrogen-bond acceptors (Lipinski definition) is 10. The average molecular weight is 491 g/mol. The van der Waals surface area contributed by atoms with E-state index < -0.39 is 79.4 Å². The number of ether oxygens (including phenoxy) is 2. The number of carbonyl (C=O) groups is 6. The zero-order valence-corrected chi connectivity index (χ0v) is 18.2. The number of carboxylic acid groups (broad SMARTS) is 1. The van der Waals surface area contributed by atoms with Crippen LogP contribution >= 0.6 is 0 Å². The molecule has 0 bridgehead atoms. The second kappa shape index (κ2) is 14.0. The van der Waals surface area contributed by atoms with Crippen molar-refractivity contribution in [1.29, 1.82) is 0 Å². The van der Waals surface area contributed by atoms with Gasteiger partial charge in [-0.2, -0.15) is 0 Å². The minimum atomic E-state index is -1.49. The van der Waals surface area contributed by atoms with Crippen LogP contribution in [0.5, 0.6) is 0 Å². The number of aliphatic hydroxyl groups is 2. The molecule has 34 heavy (non-hydrogen) atoms. The van der Waals surface area contributed by atoms with Crippen LogP contribution in [0, 0.1) is 0 Å². The van der Waals surface area contributed by atoms with Crippen LogP contribution in [0.4, 0.5) is 4.79 Å². The third-order valence-corrected chi connectivity index (χ3v) is 4.49. The molecule has 0 aromatic rings. The number of urea groups is 1. The Morgan fingerprint density at radius 3 is 2.15 bits per heavy atom. The van der Waals surface area contributed by atoms with Gasteiger partial charge >= 0.3 is 12.0 Å². The number of rotatable bonds is 17. The molecule has 0 heterocycles. The van der Waals surface area contributed by atoms with Crippen LogP contribution < -0.4 is 27.0 Å². The normalized spacial score (nSPS) is 18.4. The Morgan fingerprint density at radius 2 is 1.62 bits per heavy atom. The number of nitrogens with two attached hydrogens (primary N) is 1. The van der Waals surface area contributed by atoms with Crippen molar-refractivity contribution in [2.45, 2.75) is 30.5 Å². The summed E-state index contributed by atoms with van der Waals surface area (Å²) in [5, 5.41) is 36.0. The first-order valence-electron chi connectivity index (χ1n) is 10.1. The van der Waals surface area contributed by atoms with Crippen LogP contribution in [-0.2, 0) is 33.4 Å². The van der Waals surface area contributed by atoms with Crippen molar-refractivity contribution >= 4 is 35.5 Å². The van der Waals surface area contributed by atoms with Crippen LogP contribution in [-0.4, -0.2) is 115 Å². The number of ketones is 1. The number of nitrogens with one attached hydrogen (secondary N) is 4. The van der Waals surface area contributed by atoms with E-state index >= 15 is 0 Å². The molecule has 16 heteroatoms. The third kappa shape index (κ3) is 10.1. The summed E-state index contributed by atoms with van der Waals surface area (Å²) < 4.78 is 10.2. The topological polar surface area (TPSA) is 256 Å². The summed E-state index contributed by atoms with van der Waals surface area (Å²) in [5.74, 6) is -4.00. The maximum absolute atomic E-state index is 12.1. The van der Waals surface area contributed by atoms with Crippen molar-refractivity contribution in [1.82, 2.24) is 21.3 Å². The van der Waals surface area contributed by atoms with E-state index in [0.29, 0.717) is 0 Å². The van der Waals surface area contributed by atoms with E-state index in [1.807, 2.05) is 0 Å². The van der Waals surface area contributed by atoms with Crippen molar-refractivity contribution in [3.8, 4) is 0 Å². The van der Waals surface area contributed by atoms with Crippen molar-refractivity contribution < 1.29 is 53.6 Å². The maximum Gasteiger partial charge on any atom is 0.316 e. The molecule has 1 aliphatic rings. The minimum Gasteiger partial charge on any atom is -0.481 e. The Morgan fingerprint density at radius 1 is 1.00 bits per heavy atom. The van der Waals surface area contributed by atoms with Gasteiger partial charge in [0, 0.05) is 13.0 Å². The van der Waals surface area contributed by atoms with Gasteiger partial charge in [-0.1, -0.05) is 0 Å². The molecular weight excluding hydrogens is 462 g/mol. The summed E-state index contributed by atoms with van der Waals surface area (Å²) in [4.78, 5) is 68.7. The lowest BCUT2D eigenvalue weighted by molar-refractivity contribution is -0.138. The first-order valence-corrected chi connectivity index (χ1v) is 10.1. The standard InChI is InChI=1S/C18H29N5O11/c19-15(30)10(7-24)21-13(27)9-34-4-3-33-2-1-20-16(31)11(8-25)22-17(32)23-18(5-12(18)26)6-14(28)29/h10-11,24-25H,1-9H2,(H2,19,30)(H,20,31)(H,21,27)(H,28,29)(H2,22,23,32)/t10-,11+,18?/m0/s1. The highest BCUT2D eigenvalue weighted by Gasteiger charge is 2.56. The highest BCUT2D eigenvalue weighted by atomic mass is 16.5. The minimum absolute atomic E-state index is 0.0113. The van der Waals surface area contributed by atoms with Gasteiger partial charge in [0.25, 0.3) is 0 Å². The fourth-order valence-corrected chi connectivity index (χ4v) is 2.61. The summed E-state index contributed by atoms with van der Waals surface area (Å²) in [7, 11) is 0. The molecule has 0 spiro atoms. The van der Waals surface area contributed by atoms with E-state index in [-0.39, 0.29) is 32.8 Å². The quantitative estimate of drug-likeness (QED) is 0.0893. The molecule has 192 valence electrons. The highest BCUT2D eigenvalue weighted by molar-refractivity contribution is 6.10. The van der Waals surface area contributed by atoms with Gasteiger partial charge < -0.3 is 51.8 Å². The Balaban J connectivity index is 2.19. The fourth-order valence-electron chi connectivity index (χ4n) is 2.61. The van der Waals surface area contributed by atoms with Crippen LogP contribution in [0.3, 0.4) is 0 Å². The van der Waals surface area contributed by atoms with Gasteiger partial charge in [-0.05, 0) is 0 Å². The van der Waals surface area contributed by atoms with E-state index in [2.05, 4.69) is 21.3 Å². The van der Waals surface area contributed by atoms with Crippen molar-refractivity contribution in [3.05, 3.63) is 0 Å². The molecule has 3 atom stereocenters. The molecule has 0 radical (unpaired) electrons. The second-order valence-electron chi connectivity index (χ2n) is 7.25. The molecule has 0 aromatic heterocycles. The number of Topliss-reactive ketones (excluding diaryl/α,β-unsaturated/α-hetero) is 1. The highest BCUT2D eigenvalue weighted by Crippen LogP contribution is 2.33. The Kier molecular flexibility index (Phi) is 11.8. The van der Waals surface area contributed by atoms with E-state index in [0.717, 1.165) is 0 Å². The van der Waals surface area contributed by atoms with Crippen molar-refractivity contribution in [2.75, 3.05) is 46.2 Å². The molecule has 1 saturated carbocycles. The lowest BCUT2D eigenvalue weighted by Gasteiger charge is -2.19. The molecule has 0 aromatic carbocycles. The van der Waals surface area contributed by atoms with Crippen LogP contribution in [0.1, 0.15) is 12.8 Å². The molecule has 1 unspecified atom stereocenters. The number of hydrogen-bond donors (Lipinski definition) is 8. The number of aliphatic carboxylic acids is 1. The lowest BCUT2D eigenvalue weighted by Crippen LogP contribution is -2.55. The van der Waals surface area contributed by atoms with Gasteiger partial charge in [-0.25, -0.2) is 4.79 Å². The zero-order valence-electron chi connectivity index (χ0n) is 18.2. The van der Waals surface area contributed by atoms with Gasteiger partial charge in [0.05, 0.1) is 39.5 Å². The number of amides is 5. The Hall–Kier alpha value is -3.34. The molecule has 1 aliphatic carbocycles. The summed E-state index contributed by atoms with van der Waals surface area (Å²) in [6.07, 6.45) is -0.720. The second-order valence-corrected chi connectivity index (χ2v) is 7.25. The van der Waals surface area contributed by atoms with E-state index in [9.17, 15) is 33.9 Å². The van der Waals surface area contributed by atoms with Gasteiger partial charge in [-0.3, -0.25) is 24.0 Å². The van der Waals surface area contributed by atoms with Crippen LogP contribution in [0.25, 0.3) is 0 Å². The monoisotopic (exact) mass is 491 g/mol. The number of aliphatic hydroxyl groups excluding tert-OH is 2. The summed E-state index contributed by atoms with van der Waals surface area (Å²) in [6.45, 7) is -1.66. The third-order valence-electron chi connectivity index (χ3n) is 4.49. The first kappa shape index (κ1) is 28.7. The predicted molar refractivity (Wildman–Crippen MR) is 110 cm³/mol. The largest absolute Gasteiger partial charge is 0.481 e. The Labute approximate surface area is 193 Å². The molecular formula is C18H29N5O11.